The van der Waals surface area contributed by atoms with Gasteiger partial charge in [-0.1, -0.05) is 35.5 Å². The molecule has 2 aromatic heterocycles. The number of rotatable bonds is 5. The van der Waals surface area contributed by atoms with E-state index in [0.717, 1.165) is 15.1 Å². The summed E-state index contributed by atoms with van der Waals surface area (Å²) >= 11 is 1.39. The Morgan fingerprint density at radius 2 is 1.77 bits per heavy atom. The number of hydrogen-bond acceptors (Lipinski definition) is 6. The van der Waals surface area contributed by atoms with Crippen molar-refractivity contribution >= 4 is 38.9 Å². The van der Waals surface area contributed by atoms with Gasteiger partial charge < -0.3 is 5.32 Å². The molecule has 0 aliphatic heterocycles. The second-order valence-corrected chi connectivity index (χ2v) is 7.86. The first-order chi connectivity index (χ1) is 14.4. The van der Waals surface area contributed by atoms with E-state index in [2.05, 4.69) is 15.6 Å². The quantitative estimate of drug-likeness (QED) is 0.496. The Morgan fingerprint density at radius 1 is 1.07 bits per heavy atom. The van der Waals surface area contributed by atoms with E-state index in [4.69, 9.17) is 0 Å². The van der Waals surface area contributed by atoms with Crippen molar-refractivity contribution in [1.82, 2.24) is 15.0 Å². The number of benzene rings is 2. The molecule has 0 fully saturated rings. The predicted molar refractivity (Wildman–Crippen MR) is 117 cm³/mol. The molecule has 0 aliphatic carbocycles. The number of carbonyl (C=O) groups is 2. The Kier molecular flexibility index (Phi) is 5.24. The summed E-state index contributed by atoms with van der Waals surface area (Å²) in [7, 11) is 0. The monoisotopic (exact) mass is 418 g/mol. The molecule has 0 saturated heterocycles. The summed E-state index contributed by atoms with van der Waals surface area (Å²) in [6.45, 7) is 3.03. The van der Waals surface area contributed by atoms with Gasteiger partial charge in [-0.3, -0.25) is 14.4 Å². The Morgan fingerprint density at radius 3 is 2.43 bits per heavy atom. The standard InChI is InChI=1S/C22H18N4O3S/c1-13(20(28)16-8-10-17(11-9-16)23-14(2)27)26-22(29)18-12-19(30-21(18)24-25-26)15-6-4-3-5-7-15/h3-13H,1-2H3,(H,23,27). The molecule has 150 valence electrons. The topological polar surface area (TPSA) is 93.9 Å². The van der Waals surface area contributed by atoms with Crippen LogP contribution < -0.4 is 10.9 Å². The molecule has 2 heterocycles. The van der Waals surface area contributed by atoms with Crippen molar-refractivity contribution in [3.8, 4) is 10.4 Å². The molecule has 4 aromatic rings. The first kappa shape index (κ1) is 19.7. The second-order valence-electron chi connectivity index (χ2n) is 6.83. The predicted octanol–water partition coefficient (Wildman–Crippen LogP) is 3.92. The number of carbonyl (C=O) groups excluding carboxylic acids is 2. The van der Waals surface area contributed by atoms with Gasteiger partial charge in [0.25, 0.3) is 5.56 Å². The van der Waals surface area contributed by atoms with Crippen molar-refractivity contribution < 1.29 is 9.59 Å². The third kappa shape index (κ3) is 3.77. The highest BCUT2D eigenvalue weighted by Crippen LogP contribution is 2.30. The number of thiophene rings is 1. The van der Waals surface area contributed by atoms with Gasteiger partial charge in [0.15, 0.2) is 10.6 Å². The summed E-state index contributed by atoms with van der Waals surface area (Å²) in [4.78, 5) is 38.5. The number of Topliss-reactive ketones (excluding diaryl/α,β-unsaturated/α-hetero) is 1. The highest BCUT2D eigenvalue weighted by atomic mass is 32.1. The zero-order valence-corrected chi connectivity index (χ0v) is 17.1. The van der Waals surface area contributed by atoms with Gasteiger partial charge >= 0.3 is 0 Å². The van der Waals surface area contributed by atoms with Crippen LogP contribution >= 0.6 is 11.3 Å². The summed E-state index contributed by atoms with van der Waals surface area (Å²) in [5, 5.41) is 11.3. The number of anilines is 1. The lowest BCUT2D eigenvalue weighted by Gasteiger charge is -2.12. The summed E-state index contributed by atoms with van der Waals surface area (Å²) in [5.74, 6) is -0.457. The van der Waals surface area contributed by atoms with E-state index < -0.39 is 6.04 Å². The number of amides is 1. The van der Waals surface area contributed by atoms with Crippen molar-refractivity contribution in [1.29, 1.82) is 0 Å². The molecule has 0 saturated carbocycles. The number of aromatic nitrogens is 3. The van der Waals surface area contributed by atoms with Crippen LogP contribution in [0.15, 0.2) is 65.5 Å². The number of nitrogens with one attached hydrogen (secondary N) is 1. The largest absolute Gasteiger partial charge is 0.326 e. The van der Waals surface area contributed by atoms with Crippen LogP contribution in [0.25, 0.3) is 20.7 Å². The smallest absolute Gasteiger partial charge is 0.279 e. The number of ketones is 1. The van der Waals surface area contributed by atoms with Crippen LogP contribution in [0.3, 0.4) is 0 Å². The lowest BCUT2D eigenvalue weighted by atomic mass is 10.1. The van der Waals surface area contributed by atoms with Crippen LogP contribution in [0.2, 0.25) is 0 Å². The fourth-order valence-corrected chi connectivity index (χ4v) is 4.11. The minimum atomic E-state index is -0.818. The molecule has 4 rings (SSSR count). The molecule has 1 amide bonds. The second kappa shape index (κ2) is 8.00. The molecule has 1 atom stereocenters. The van der Waals surface area contributed by atoms with E-state index in [0.29, 0.717) is 21.5 Å². The van der Waals surface area contributed by atoms with Gasteiger partial charge in [-0.15, -0.1) is 16.4 Å². The van der Waals surface area contributed by atoms with Gasteiger partial charge in [0.1, 0.15) is 6.04 Å². The maximum Gasteiger partial charge on any atom is 0.279 e. The highest BCUT2D eigenvalue weighted by Gasteiger charge is 2.21. The summed E-state index contributed by atoms with van der Waals surface area (Å²) in [5.41, 5.74) is 1.65. The molecule has 0 bridgehead atoms. The van der Waals surface area contributed by atoms with Crippen molar-refractivity contribution in [2.45, 2.75) is 19.9 Å². The summed E-state index contributed by atoms with van der Waals surface area (Å²) < 4.78 is 1.12. The number of nitrogens with zero attached hydrogens (tertiary/aromatic N) is 3. The lowest BCUT2D eigenvalue weighted by molar-refractivity contribution is -0.114. The van der Waals surface area contributed by atoms with E-state index in [1.165, 1.54) is 18.3 Å². The first-order valence-corrected chi connectivity index (χ1v) is 10.1. The van der Waals surface area contributed by atoms with Crippen LogP contribution in [0, 0.1) is 0 Å². The molecular formula is C22H18N4O3S. The maximum absolute atomic E-state index is 13.0. The van der Waals surface area contributed by atoms with E-state index in [1.54, 1.807) is 37.3 Å². The molecule has 1 unspecified atom stereocenters. The van der Waals surface area contributed by atoms with Gasteiger partial charge in [-0.25, -0.2) is 0 Å². The van der Waals surface area contributed by atoms with Crippen molar-refractivity contribution in [3.63, 3.8) is 0 Å². The molecule has 1 N–H and O–H groups in total. The minimum absolute atomic E-state index is 0.191. The number of fused-ring (bicyclic) bond motifs is 1. The van der Waals surface area contributed by atoms with Crippen LogP contribution in [-0.4, -0.2) is 26.7 Å². The van der Waals surface area contributed by atoms with Crippen molar-refractivity contribution in [2.24, 2.45) is 0 Å². The highest BCUT2D eigenvalue weighted by molar-refractivity contribution is 7.21. The van der Waals surface area contributed by atoms with E-state index in [9.17, 15) is 14.4 Å². The molecular weight excluding hydrogens is 400 g/mol. The zero-order valence-electron chi connectivity index (χ0n) is 16.3. The first-order valence-electron chi connectivity index (χ1n) is 9.30. The van der Waals surface area contributed by atoms with Gasteiger partial charge in [-0.2, -0.15) is 4.68 Å². The molecule has 30 heavy (non-hydrogen) atoms. The van der Waals surface area contributed by atoms with Gasteiger partial charge in [0, 0.05) is 23.1 Å². The fourth-order valence-electron chi connectivity index (χ4n) is 3.13. The van der Waals surface area contributed by atoms with Gasteiger partial charge in [0.05, 0.1) is 5.39 Å². The molecule has 7 nitrogen and oxygen atoms in total. The summed E-state index contributed by atoms with van der Waals surface area (Å²) in [6, 6.07) is 17.2. The number of hydrogen-bond donors (Lipinski definition) is 1. The van der Waals surface area contributed by atoms with Crippen molar-refractivity contribution in [2.75, 3.05) is 5.32 Å². The Hall–Kier alpha value is -3.65. The molecule has 0 radical (unpaired) electrons. The molecule has 0 aliphatic rings. The van der Waals surface area contributed by atoms with Crippen LogP contribution in [0.4, 0.5) is 5.69 Å². The van der Waals surface area contributed by atoms with Crippen LogP contribution in [0.5, 0.6) is 0 Å². The van der Waals surface area contributed by atoms with E-state index in [1.807, 2.05) is 30.3 Å². The normalized spacial score (nSPS) is 11.9. The third-order valence-electron chi connectivity index (χ3n) is 4.68. The van der Waals surface area contributed by atoms with E-state index in [-0.39, 0.29) is 17.2 Å². The average molecular weight is 418 g/mol. The van der Waals surface area contributed by atoms with Gasteiger partial charge in [-0.05, 0) is 42.8 Å². The SMILES string of the molecule is CC(=O)Nc1ccc(C(=O)C(C)n2nnc3sc(-c4ccccc4)cc3c2=O)cc1. The lowest BCUT2D eigenvalue weighted by Crippen LogP contribution is -2.31. The summed E-state index contributed by atoms with van der Waals surface area (Å²) in [6.07, 6.45) is 0. The Bertz CT molecular complexity index is 1290. The molecule has 8 heteroatoms. The minimum Gasteiger partial charge on any atom is -0.326 e. The van der Waals surface area contributed by atoms with Crippen LogP contribution in [-0.2, 0) is 4.79 Å². The fraction of sp³-hybridized carbons (Fsp3) is 0.136. The zero-order chi connectivity index (χ0) is 21.3. The van der Waals surface area contributed by atoms with Crippen LogP contribution in [0.1, 0.15) is 30.2 Å². The Balaban J connectivity index is 1.65. The van der Waals surface area contributed by atoms with Crippen molar-refractivity contribution in [3.05, 3.63) is 76.6 Å². The molecule has 2 aromatic carbocycles. The Labute approximate surface area is 176 Å². The molecule has 0 spiro atoms. The average Bonchev–Trinajstić information content (AvgIpc) is 3.19. The third-order valence-corrected chi connectivity index (χ3v) is 5.75. The maximum atomic E-state index is 13.0. The van der Waals surface area contributed by atoms with Gasteiger partial charge in [0.2, 0.25) is 5.91 Å². The van der Waals surface area contributed by atoms with E-state index >= 15 is 0 Å².